The summed E-state index contributed by atoms with van der Waals surface area (Å²) < 4.78 is 15.3. The number of carbonyl (C=O) groups is 3. The minimum absolute atomic E-state index is 0.226. The van der Waals surface area contributed by atoms with Crippen LogP contribution in [0.15, 0.2) is 54.9 Å². The molecule has 2 aromatic carbocycles. The second-order valence-electron chi connectivity index (χ2n) is 12.2. The van der Waals surface area contributed by atoms with Gasteiger partial charge < -0.3 is 31.3 Å². The van der Waals surface area contributed by atoms with Crippen molar-refractivity contribution >= 4 is 40.4 Å². The first-order chi connectivity index (χ1) is 23.7. The molecule has 0 bridgehead atoms. The van der Waals surface area contributed by atoms with E-state index in [0.717, 1.165) is 80.2 Å². The number of nitrogens with zero attached hydrogens (tertiary/aromatic N) is 6. The van der Waals surface area contributed by atoms with Crippen LogP contribution in [-0.2, 0) is 20.9 Å². The maximum atomic E-state index is 13.2. The number of rotatable bonds is 6. The number of anilines is 2. The lowest BCUT2D eigenvalue weighted by Crippen LogP contribution is -2.49. The lowest BCUT2D eigenvalue weighted by atomic mass is 9.90. The Morgan fingerprint density at radius 2 is 1.34 bits per heavy atom. The zero-order valence-electron chi connectivity index (χ0n) is 28.9. The molecule has 0 atom stereocenters. The largest absolute Gasteiger partial charge is 0.481 e. The summed E-state index contributed by atoms with van der Waals surface area (Å²) in [6, 6.07) is 15.7. The van der Waals surface area contributed by atoms with Crippen LogP contribution in [0, 0.1) is 5.82 Å². The lowest BCUT2D eigenvalue weighted by molar-refractivity contribution is -0.135. The quantitative estimate of drug-likeness (QED) is 0.184. The molecule has 3 heterocycles. The summed E-state index contributed by atoms with van der Waals surface area (Å²) in [6.07, 6.45) is 6.07. The SMILES string of the molecule is CC(=O)O.CC(=O)O.CC(=O)O.CN1CCN(C2CCC(n3nc(-c4ccc(NCc5ccc(F)cc5)cc4)c4c(N)ncnc43)CC2)CC1. The summed E-state index contributed by atoms with van der Waals surface area (Å²) in [4.78, 5) is 41.0. The Kier molecular flexibility index (Phi) is 15.0. The number of benzene rings is 2. The van der Waals surface area contributed by atoms with Gasteiger partial charge in [-0.05, 0) is 62.6 Å². The number of carboxylic acid groups (broad SMARTS) is 3. The van der Waals surface area contributed by atoms with E-state index in [9.17, 15) is 4.39 Å². The van der Waals surface area contributed by atoms with Crippen LogP contribution >= 0.6 is 0 Å². The van der Waals surface area contributed by atoms with Crippen LogP contribution in [0.25, 0.3) is 22.3 Å². The first-order valence-corrected chi connectivity index (χ1v) is 16.3. The van der Waals surface area contributed by atoms with Crippen LogP contribution in [0.1, 0.15) is 58.1 Å². The molecule has 0 radical (unpaired) electrons. The molecule has 14 nitrogen and oxygen atoms in total. The third kappa shape index (κ3) is 12.4. The van der Waals surface area contributed by atoms with Crippen molar-refractivity contribution in [1.29, 1.82) is 0 Å². The van der Waals surface area contributed by atoms with Crippen molar-refractivity contribution in [3.8, 4) is 11.3 Å². The van der Waals surface area contributed by atoms with Gasteiger partial charge in [0, 0.05) is 70.8 Å². The van der Waals surface area contributed by atoms with Crippen molar-refractivity contribution in [2.75, 3.05) is 44.3 Å². The number of nitrogens with two attached hydrogens (primary N) is 1. The number of carboxylic acids is 3. The first kappa shape index (κ1) is 39.3. The van der Waals surface area contributed by atoms with Crippen LogP contribution in [0.4, 0.5) is 15.9 Å². The Hall–Kier alpha value is -5.15. The van der Waals surface area contributed by atoms with Crippen LogP contribution in [0.3, 0.4) is 0 Å². The van der Waals surface area contributed by atoms with E-state index in [0.29, 0.717) is 24.4 Å². The van der Waals surface area contributed by atoms with Crippen molar-refractivity contribution in [3.63, 3.8) is 0 Å². The van der Waals surface area contributed by atoms with Gasteiger partial charge in [-0.2, -0.15) is 5.10 Å². The highest BCUT2D eigenvalue weighted by atomic mass is 19.1. The molecule has 0 spiro atoms. The number of piperazine rings is 1. The monoisotopic (exact) mass is 694 g/mol. The second kappa shape index (κ2) is 19.1. The van der Waals surface area contributed by atoms with E-state index in [1.807, 2.05) is 12.1 Å². The maximum Gasteiger partial charge on any atom is 0.300 e. The molecule has 2 aromatic heterocycles. The standard InChI is InChI=1S/C29H35FN8.3C2H4O2/c1-36-14-16-37(17-15-36)24-10-12-25(13-11-24)38-29-26(28(31)33-19-34-29)27(35-38)21-4-8-23(9-5-21)32-18-20-2-6-22(30)7-3-20;3*1-2(3)4/h2-9,19,24-25,32H,10-18H2,1H3,(H2,31,33,34);3*1H3,(H,3,4). The lowest BCUT2D eigenvalue weighted by Gasteiger charge is -2.41. The van der Waals surface area contributed by atoms with E-state index in [-0.39, 0.29) is 5.82 Å². The minimum atomic E-state index is -0.833. The highest BCUT2D eigenvalue weighted by Gasteiger charge is 2.30. The number of hydrogen-bond acceptors (Lipinski definition) is 10. The van der Waals surface area contributed by atoms with Gasteiger partial charge in [0.1, 0.15) is 23.7 Å². The van der Waals surface area contributed by atoms with Crippen LogP contribution < -0.4 is 11.1 Å². The molecular formula is C35H47FN8O6. The number of aliphatic carboxylic acids is 3. The molecule has 270 valence electrons. The first-order valence-electron chi connectivity index (χ1n) is 16.3. The highest BCUT2D eigenvalue weighted by Crippen LogP contribution is 2.37. The van der Waals surface area contributed by atoms with Gasteiger partial charge in [0.25, 0.3) is 17.9 Å². The fourth-order valence-electron chi connectivity index (χ4n) is 5.86. The third-order valence-electron chi connectivity index (χ3n) is 8.15. The van der Waals surface area contributed by atoms with Crippen molar-refractivity contribution < 1.29 is 34.1 Å². The molecule has 50 heavy (non-hydrogen) atoms. The minimum Gasteiger partial charge on any atom is -0.481 e. The van der Waals surface area contributed by atoms with E-state index in [1.165, 1.54) is 44.4 Å². The van der Waals surface area contributed by atoms with Gasteiger partial charge in [0.2, 0.25) is 0 Å². The number of nitrogen functional groups attached to an aromatic ring is 1. The van der Waals surface area contributed by atoms with Gasteiger partial charge in [0.15, 0.2) is 5.65 Å². The Morgan fingerprint density at radius 1 is 0.820 bits per heavy atom. The summed E-state index contributed by atoms with van der Waals surface area (Å²) in [5.74, 6) is -2.27. The fraction of sp³-hybridized carbons (Fsp3) is 0.429. The number of fused-ring (bicyclic) bond motifs is 1. The number of nitrogens with one attached hydrogen (secondary N) is 1. The van der Waals surface area contributed by atoms with Crippen molar-refractivity contribution in [1.82, 2.24) is 29.5 Å². The molecule has 4 aromatic rings. The number of hydrogen-bond donors (Lipinski definition) is 5. The number of aromatic nitrogens is 4. The molecule has 6 N–H and O–H groups in total. The van der Waals surface area contributed by atoms with Crippen LogP contribution in [0.2, 0.25) is 0 Å². The van der Waals surface area contributed by atoms with Crippen LogP contribution in [0.5, 0.6) is 0 Å². The summed E-state index contributed by atoms with van der Waals surface area (Å²) in [6.45, 7) is 8.51. The van der Waals surface area contributed by atoms with E-state index < -0.39 is 17.9 Å². The van der Waals surface area contributed by atoms with Crippen molar-refractivity contribution in [2.45, 2.75) is 65.1 Å². The third-order valence-corrected chi connectivity index (χ3v) is 8.15. The topological polar surface area (TPSA) is 200 Å². The molecule has 0 amide bonds. The fourth-order valence-corrected chi connectivity index (χ4v) is 5.86. The summed E-state index contributed by atoms with van der Waals surface area (Å²) in [5, 5.41) is 31.5. The molecule has 1 saturated carbocycles. The van der Waals surface area contributed by atoms with Gasteiger partial charge >= 0.3 is 0 Å². The molecule has 15 heteroatoms. The smallest absolute Gasteiger partial charge is 0.300 e. The van der Waals surface area contributed by atoms with Gasteiger partial charge in [-0.1, -0.05) is 24.3 Å². The molecule has 0 unspecified atom stereocenters. The van der Waals surface area contributed by atoms with E-state index in [2.05, 4.69) is 48.9 Å². The number of halogens is 1. The predicted octanol–water partition coefficient (Wildman–Crippen LogP) is 4.83. The second-order valence-corrected chi connectivity index (χ2v) is 12.2. The van der Waals surface area contributed by atoms with Gasteiger partial charge in [-0.25, -0.2) is 19.0 Å². The molecule has 1 saturated heterocycles. The van der Waals surface area contributed by atoms with Crippen LogP contribution in [-0.4, -0.2) is 102 Å². The zero-order valence-corrected chi connectivity index (χ0v) is 28.9. The average molecular weight is 695 g/mol. The molecular weight excluding hydrogens is 647 g/mol. The van der Waals surface area contributed by atoms with E-state index in [1.54, 1.807) is 12.1 Å². The number of likely N-dealkylation sites (N-methyl/N-ethyl adjacent to an activating group) is 1. The molecule has 6 rings (SSSR count). The van der Waals surface area contributed by atoms with E-state index >= 15 is 0 Å². The van der Waals surface area contributed by atoms with Gasteiger partial charge in [-0.15, -0.1) is 0 Å². The van der Waals surface area contributed by atoms with Crippen molar-refractivity contribution in [2.24, 2.45) is 0 Å². The average Bonchev–Trinajstić information content (AvgIpc) is 3.45. The Morgan fingerprint density at radius 3 is 1.88 bits per heavy atom. The summed E-state index contributed by atoms with van der Waals surface area (Å²) in [7, 11) is 2.21. The zero-order chi connectivity index (χ0) is 36.8. The predicted molar refractivity (Wildman–Crippen MR) is 189 cm³/mol. The Bertz CT molecular complexity index is 1640. The molecule has 1 aliphatic heterocycles. The summed E-state index contributed by atoms with van der Waals surface area (Å²) in [5.41, 5.74) is 11.0. The Balaban J connectivity index is 0.000000491. The van der Waals surface area contributed by atoms with Gasteiger partial charge in [0.05, 0.1) is 11.4 Å². The maximum absolute atomic E-state index is 13.2. The molecule has 2 fully saturated rings. The van der Waals surface area contributed by atoms with Gasteiger partial charge in [-0.3, -0.25) is 19.3 Å². The Labute approximate surface area is 290 Å². The van der Waals surface area contributed by atoms with Crippen molar-refractivity contribution in [3.05, 3.63) is 66.2 Å². The molecule has 1 aliphatic carbocycles. The normalized spacial score (nSPS) is 17.5. The van der Waals surface area contributed by atoms with E-state index in [4.69, 9.17) is 40.5 Å². The highest BCUT2D eigenvalue weighted by molar-refractivity contribution is 5.98. The molecule has 2 aliphatic rings. The summed E-state index contributed by atoms with van der Waals surface area (Å²) >= 11 is 0.